The van der Waals surface area contributed by atoms with Crippen LogP contribution in [0.5, 0.6) is 5.75 Å². The van der Waals surface area contributed by atoms with Crippen LogP contribution in [0.15, 0.2) is 29.6 Å². The van der Waals surface area contributed by atoms with Crippen molar-refractivity contribution < 1.29 is 9.53 Å². The topological polar surface area (TPSA) is 63.2 Å². The van der Waals surface area contributed by atoms with Gasteiger partial charge in [-0.2, -0.15) is 0 Å². The molecule has 1 aliphatic heterocycles. The summed E-state index contributed by atoms with van der Waals surface area (Å²) in [6, 6.07) is 7.49. The van der Waals surface area contributed by atoms with E-state index < -0.39 is 0 Å². The van der Waals surface area contributed by atoms with Gasteiger partial charge in [0, 0.05) is 23.5 Å². The Morgan fingerprint density at radius 3 is 3.18 bits per heavy atom. The van der Waals surface area contributed by atoms with Gasteiger partial charge in [0.2, 0.25) is 0 Å². The highest BCUT2D eigenvalue weighted by Crippen LogP contribution is 2.16. The summed E-state index contributed by atoms with van der Waals surface area (Å²) in [7, 11) is 0. The van der Waals surface area contributed by atoms with Crippen molar-refractivity contribution in [1.29, 1.82) is 0 Å². The molecule has 1 saturated heterocycles. The summed E-state index contributed by atoms with van der Waals surface area (Å²) in [6.07, 6.45) is 0.977. The van der Waals surface area contributed by atoms with Crippen LogP contribution in [0.25, 0.3) is 0 Å². The highest BCUT2D eigenvalue weighted by Gasteiger charge is 2.17. The molecule has 1 unspecified atom stereocenters. The van der Waals surface area contributed by atoms with E-state index in [-0.39, 0.29) is 11.9 Å². The zero-order valence-corrected chi connectivity index (χ0v) is 13.3. The van der Waals surface area contributed by atoms with Crippen LogP contribution in [0, 0.1) is 6.92 Å². The van der Waals surface area contributed by atoms with Crippen molar-refractivity contribution in [3.63, 3.8) is 0 Å². The Morgan fingerprint density at radius 1 is 1.55 bits per heavy atom. The molecule has 2 N–H and O–H groups in total. The van der Waals surface area contributed by atoms with Crippen LogP contribution in [0.2, 0.25) is 0 Å². The lowest BCUT2D eigenvalue weighted by Gasteiger charge is -2.12. The molecule has 116 valence electrons. The highest BCUT2D eigenvalue weighted by atomic mass is 32.1. The number of rotatable bonds is 5. The molecule has 1 aromatic heterocycles. The van der Waals surface area contributed by atoms with Crippen molar-refractivity contribution >= 4 is 17.2 Å². The maximum absolute atomic E-state index is 12.2. The van der Waals surface area contributed by atoms with Gasteiger partial charge in [0.05, 0.1) is 10.7 Å². The Hall–Kier alpha value is -1.92. The van der Waals surface area contributed by atoms with Gasteiger partial charge in [-0.3, -0.25) is 4.79 Å². The lowest BCUT2D eigenvalue weighted by molar-refractivity contribution is 0.0939. The first-order chi connectivity index (χ1) is 10.7. The molecule has 6 heteroatoms. The minimum Gasteiger partial charge on any atom is -0.487 e. The molecule has 2 heterocycles. The van der Waals surface area contributed by atoms with Crippen LogP contribution in [0.1, 0.15) is 27.5 Å². The number of ether oxygens (including phenoxy) is 1. The fourth-order valence-corrected chi connectivity index (χ4v) is 3.00. The summed E-state index contributed by atoms with van der Waals surface area (Å²) in [6.45, 7) is 4.19. The van der Waals surface area contributed by atoms with E-state index in [0.29, 0.717) is 17.9 Å². The number of nitrogens with zero attached hydrogens (tertiary/aromatic N) is 1. The number of carbonyl (C=O) groups excluding carboxylic acids is 1. The molecule has 1 amide bonds. The number of carbonyl (C=O) groups is 1. The summed E-state index contributed by atoms with van der Waals surface area (Å²) < 4.78 is 5.72. The SMILES string of the molecule is Cc1nc(COc2cccc(C(=O)NC3CCNC3)c2)cs1. The molecule has 0 spiro atoms. The second kappa shape index (κ2) is 6.89. The molecule has 2 aromatic rings. The van der Waals surface area contributed by atoms with Gasteiger partial charge < -0.3 is 15.4 Å². The summed E-state index contributed by atoms with van der Waals surface area (Å²) in [5.41, 5.74) is 1.54. The first-order valence-corrected chi connectivity index (χ1v) is 8.24. The number of benzene rings is 1. The van der Waals surface area contributed by atoms with Crippen LogP contribution in [-0.2, 0) is 6.61 Å². The van der Waals surface area contributed by atoms with E-state index in [1.807, 2.05) is 24.4 Å². The van der Waals surface area contributed by atoms with E-state index in [2.05, 4.69) is 15.6 Å². The van der Waals surface area contributed by atoms with Crippen molar-refractivity contribution in [2.24, 2.45) is 0 Å². The van der Waals surface area contributed by atoms with Crippen LogP contribution in [0.4, 0.5) is 0 Å². The largest absolute Gasteiger partial charge is 0.487 e. The Bertz CT molecular complexity index is 650. The first-order valence-electron chi connectivity index (χ1n) is 7.36. The maximum Gasteiger partial charge on any atom is 0.251 e. The number of aromatic nitrogens is 1. The first kappa shape index (κ1) is 15.0. The Labute approximate surface area is 133 Å². The number of aryl methyl sites for hydroxylation is 1. The van der Waals surface area contributed by atoms with Gasteiger partial charge in [0.15, 0.2) is 0 Å². The fourth-order valence-electron chi connectivity index (χ4n) is 2.41. The van der Waals surface area contributed by atoms with Gasteiger partial charge in [-0.25, -0.2) is 4.98 Å². The lowest BCUT2D eigenvalue weighted by atomic mass is 10.1. The molecular weight excluding hydrogens is 298 g/mol. The van der Waals surface area contributed by atoms with Crippen LogP contribution >= 0.6 is 11.3 Å². The molecule has 5 nitrogen and oxygen atoms in total. The average molecular weight is 317 g/mol. The Kier molecular flexibility index (Phi) is 4.70. The molecule has 1 aliphatic rings. The molecule has 0 radical (unpaired) electrons. The van der Waals surface area contributed by atoms with Crippen molar-refractivity contribution in [2.75, 3.05) is 13.1 Å². The summed E-state index contributed by atoms with van der Waals surface area (Å²) in [5.74, 6) is 0.631. The zero-order valence-electron chi connectivity index (χ0n) is 12.5. The van der Waals surface area contributed by atoms with E-state index in [9.17, 15) is 4.79 Å². The molecule has 0 saturated carbocycles. The van der Waals surface area contributed by atoms with Crippen LogP contribution in [0.3, 0.4) is 0 Å². The molecule has 0 aliphatic carbocycles. The number of thiazole rings is 1. The van der Waals surface area contributed by atoms with Gasteiger partial charge in [0.25, 0.3) is 5.91 Å². The van der Waals surface area contributed by atoms with E-state index in [0.717, 1.165) is 30.2 Å². The molecule has 1 atom stereocenters. The summed E-state index contributed by atoms with van der Waals surface area (Å²) >= 11 is 1.60. The number of amides is 1. The number of hydrogen-bond acceptors (Lipinski definition) is 5. The van der Waals surface area contributed by atoms with E-state index in [4.69, 9.17) is 4.74 Å². The van der Waals surface area contributed by atoms with Gasteiger partial charge in [0.1, 0.15) is 12.4 Å². The molecule has 3 rings (SSSR count). The smallest absolute Gasteiger partial charge is 0.251 e. The predicted molar refractivity (Wildman–Crippen MR) is 86.4 cm³/mol. The third-order valence-corrected chi connectivity index (χ3v) is 4.37. The molecule has 1 fully saturated rings. The van der Waals surface area contributed by atoms with Crippen LogP contribution < -0.4 is 15.4 Å². The van der Waals surface area contributed by atoms with E-state index in [1.54, 1.807) is 23.5 Å². The van der Waals surface area contributed by atoms with Gasteiger partial charge in [-0.1, -0.05) is 6.07 Å². The Morgan fingerprint density at radius 2 is 2.45 bits per heavy atom. The monoisotopic (exact) mass is 317 g/mol. The second-order valence-corrected chi connectivity index (χ2v) is 6.40. The van der Waals surface area contributed by atoms with Gasteiger partial charge in [-0.05, 0) is 38.1 Å². The summed E-state index contributed by atoms with van der Waals surface area (Å²) in [4.78, 5) is 16.6. The predicted octanol–water partition coefficient (Wildman–Crippen LogP) is 2.12. The normalized spacial score (nSPS) is 17.4. The third-order valence-electron chi connectivity index (χ3n) is 3.55. The third kappa shape index (κ3) is 3.84. The van der Waals surface area contributed by atoms with Gasteiger partial charge in [-0.15, -0.1) is 11.3 Å². The van der Waals surface area contributed by atoms with Crippen LogP contribution in [-0.4, -0.2) is 30.0 Å². The fraction of sp³-hybridized carbons (Fsp3) is 0.375. The summed E-state index contributed by atoms with van der Waals surface area (Å²) in [5, 5.41) is 9.28. The molecule has 1 aromatic carbocycles. The molecule has 22 heavy (non-hydrogen) atoms. The maximum atomic E-state index is 12.2. The average Bonchev–Trinajstić information content (AvgIpc) is 3.17. The number of nitrogens with one attached hydrogen (secondary N) is 2. The second-order valence-electron chi connectivity index (χ2n) is 5.34. The van der Waals surface area contributed by atoms with Crippen molar-refractivity contribution in [2.45, 2.75) is 26.0 Å². The standard InChI is InChI=1S/C16H19N3O2S/c1-11-18-14(10-22-11)9-21-15-4-2-3-12(7-15)16(20)19-13-5-6-17-8-13/h2-4,7,10,13,17H,5-6,8-9H2,1H3,(H,19,20). The molecular formula is C16H19N3O2S. The van der Waals surface area contributed by atoms with Crippen molar-refractivity contribution in [1.82, 2.24) is 15.6 Å². The van der Waals surface area contributed by atoms with E-state index >= 15 is 0 Å². The molecule has 0 bridgehead atoms. The number of hydrogen-bond donors (Lipinski definition) is 2. The minimum atomic E-state index is -0.0522. The zero-order chi connectivity index (χ0) is 15.4. The van der Waals surface area contributed by atoms with Crippen molar-refractivity contribution in [3.8, 4) is 5.75 Å². The van der Waals surface area contributed by atoms with E-state index in [1.165, 1.54) is 0 Å². The quantitative estimate of drug-likeness (QED) is 0.887. The Balaban J connectivity index is 1.60. The lowest BCUT2D eigenvalue weighted by Crippen LogP contribution is -2.36. The van der Waals surface area contributed by atoms with Crippen molar-refractivity contribution in [3.05, 3.63) is 45.9 Å². The minimum absolute atomic E-state index is 0.0522. The van der Waals surface area contributed by atoms with Gasteiger partial charge >= 0.3 is 0 Å². The highest BCUT2D eigenvalue weighted by molar-refractivity contribution is 7.09.